The van der Waals surface area contributed by atoms with E-state index in [1.165, 1.54) is 0 Å². The molecule has 76 valence electrons. The second-order valence-electron chi connectivity index (χ2n) is 3.00. The van der Waals surface area contributed by atoms with Crippen molar-refractivity contribution in [2.45, 2.75) is 6.61 Å². The molecule has 7 nitrogen and oxygen atoms in total. The van der Waals surface area contributed by atoms with Crippen LogP contribution < -0.4 is 10.1 Å². The lowest BCUT2D eigenvalue weighted by Crippen LogP contribution is -2.08. The molecule has 0 aromatic carbocycles. The average Bonchev–Trinajstić information content (AvgIpc) is 2.76. The lowest BCUT2D eigenvalue weighted by molar-refractivity contribution is 0.271. The Morgan fingerprint density at radius 3 is 3.13 bits per heavy atom. The first kappa shape index (κ1) is 8.16. The topological polar surface area (TPSA) is 86.0 Å². The first-order valence-corrected chi connectivity index (χ1v) is 4.38. The Balaban J connectivity index is 2.21. The molecular weight excluding hydrogens is 198 g/mol. The van der Waals surface area contributed by atoms with Crippen molar-refractivity contribution in [1.29, 1.82) is 0 Å². The summed E-state index contributed by atoms with van der Waals surface area (Å²) < 4.78 is 10.0. The zero-order valence-electron chi connectivity index (χ0n) is 7.89. The van der Waals surface area contributed by atoms with Gasteiger partial charge in [-0.05, 0) is 5.16 Å². The van der Waals surface area contributed by atoms with Gasteiger partial charge in [0.2, 0.25) is 5.95 Å². The summed E-state index contributed by atoms with van der Waals surface area (Å²) in [5.74, 6) is 1.10. The van der Waals surface area contributed by atoms with E-state index < -0.39 is 0 Å². The van der Waals surface area contributed by atoms with Crippen LogP contribution in [0.25, 0.3) is 11.4 Å². The van der Waals surface area contributed by atoms with Crippen molar-refractivity contribution < 1.29 is 9.37 Å². The summed E-state index contributed by atoms with van der Waals surface area (Å²) in [6.45, 7) is 0.341. The maximum absolute atomic E-state index is 5.39. The number of ether oxygens (including phenoxy) is 1. The quantitative estimate of drug-likeness (QED) is 0.723. The van der Waals surface area contributed by atoms with Crippen LogP contribution in [0.5, 0.6) is 5.75 Å². The van der Waals surface area contributed by atoms with Crippen LogP contribution in [-0.4, -0.2) is 27.3 Å². The van der Waals surface area contributed by atoms with Crippen molar-refractivity contribution >= 4 is 5.95 Å². The van der Waals surface area contributed by atoms with Crippen molar-refractivity contribution in [2.75, 3.05) is 12.4 Å². The Labute approximate surface area is 84.5 Å². The van der Waals surface area contributed by atoms with E-state index in [1.54, 1.807) is 13.2 Å². The van der Waals surface area contributed by atoms with Gasteiger partial charge in [0.05, 0.1) is 6.20 Å². The minimum Gasteiger partial charge on any atom is -0.483 e. The number of nitrogens with zero attached hydrogens (tertiary/aromatic N) is 4. The molecule has 0 unspecified atom stereocenters. The number of fused-ring (bicyclic) bond motifs is 3. The molecule has 3 rings (SSSR count). The zero-order valence-corrected chi connectivity index (χ0v) is 7.89. The monoisotopic (exact) mass is 205 g/mol. The fourth-order valence-corrected chi connectivity index (χ4v) is 1.39. The summed E-state index contributed by atoms with van der Waals surface area (Å²) in [4.78, 5) is 8.28. The summed E-state index contributed by atoms with van der Waals surface area (Å²) in [7, 11) is 1.74. The number of nitrogens with one attached hydrogen (secondary N) is 1. The molecule has 0 spiro atoms. The molecule has 2 aromatic heterocycles. The Morgan fingerprint density at radius 1 is 1.33 bits per heavy atom. The van der Waals surface area contributed by atoms with Crippen molar-refractivity contribution in [1.82, 2.24) is 20.3 Å². The van der Waals surface area contributed by atoms with E-state index in [0.717, 1.165) is 0 Å². The van der Waals surface area contributed by atoms with E-state index in [1.807, 2.05) is 0 Å². The lowest BCUT2D eigenvalue weighted by atomic mass is 10.2. The highest BCUT2D eigenvalue weighted by Gasteiger charge is 2.24. The van der Waals surface area contributed by atoms with E-state index in [4.69, 9.17) is 4.74 Å². The molecule has 0 radical (unpaired) electrons. The fraction of sp³-hybridized carbons (Fsp3) is 0.250. The van der Waals surface area contributed by atoms with Gasteiger partial charge in [0.25, 0.3) is 0 Å². The van der Waals surface area contributed by atoms with Gasteiger partial charge >= 0.3 is 0 Å². The van der Waals surface area contributed by atoms with E-state index >= 15 is 0 Å². The molecule has 0 saturated heterocycles. The van der Waals surface area contributed by atoms with Crippen LogP contribution in [0.1, 0.15) is 5.69 Å². The predicted octanol–water partition coefficient (Wildman–Crippen LogP) is 0.461. The normalized spacial score (nSPS) is 12.6. The Bertz CT molecular complexity index is 509. The van der Waals surface area contributed by atoms with Gasteiger partial charge in [-0.1, -0.05) is 5.16 Å². The van der Waals surface area contributed by atoms with Gasteiger partial charge in [-0.15, -0.1) is 0 Å². The third kappa shape index (κ3) is 1.13. The van der Waals surface area contributed by atoms with Gasteiger partial charge in [0, 0.05) is 7.05 Å². The van der Waals surface area contributed by atoms with Crippen LogP contribution in [0.2, 0.25) is 0 Å². The van der Waals surface area contributed by atoms with Crippen molar-refractivity contribution in [3.05, 3.63) is 11.9 Å². The molecule has 1 aliphatic heterocycles. The molecule has 0 fully saturated rings. The van der Waals surface area contributed by atoms with Crippen LogP contribution in [0, 0.1) is 0 Å². The Kier molecular flexibility index (Phi) is 1.58. The van der Waals surface area contributed by atoms with Gasteiger partial charge in [-0.2, -0.15) is 0 Å². The summed E-state index contributed by atoms with van der Waals surface area (Å²) in [5.41, 5.74) is 1.88. The van der Waals surface area contributed by atoms with Gasteiger partial charge in [-0.25, -0.2) is 14.6 Å². The third-order valence-electron chi connectivity index (χ3n) is 2.12. The molecule has 0 aliphatic carbocycles. The minimum atomic E-state index is 0.341. The second-order valence-corrected chi connectivity index (χ2v) is 3.00. The molecule has 0 amide bonds. The summed E-state index contributed by atoms with van der Waals surface area (Å²) in [6, 6.07) is 0. The van der Waals surface area contributed by atoms with Crippen molar-refractivity contribution in [3.8, 4) is 17.1 Å². The largest absolute Gasteiger partial charge is 0.483 e. The zero-order chi connectivity index (χ0) is 10.3. The van der Waals surface area contributed by atoms with Crippen molar-refractivity contribution in [2.24, 2.45) is 0 Å². The van der Waals surface area contributed by atoms with Crippen LogP contribution in [0.3, 0.4) is 0 Å². The molecule has 1 aliphatic rings. The number of hydrogen-bond acceptors (Lipinski definition) is 7. The molecule has 0 atom stereocenters. The molecule has 0 bridgehead atoms. The smallest absolute Gasteiger partial charge is 0.223 e. The van der Waals surface area contributed by atoms with E-state index in [-0.39, 0.29) is 0 Å². The molecule has 15 heavy (non-hydrogen) atoms. The Morgan fingerprint density at radius 2 is 2.27 bits per heavy atom. The highest BCUT2D eigenvalue weighted by atomic mass is 16.6. The standard InChI is InChI=1S/C8H7N5O2/c1-9-8-10-2-5-7(11-8)6-4(3-14-5)12-15-13-6/h2H,3H2,1H3,(H,9,10,11). The third-order valence-corrected chi connectivity index (χ3v) is 2.12. The second kappa shape index (κ2) is 2.91. The molecule has 3 heterocycles. The molecule has 2 aromatic rings. The maximum Gasteiger partial charge on any atom is 0.223 e. The molecule has 7 heteroatoms. The van der Waals surface area contributed by atoms with E-state index in [2.05, 4.69) is 30.2 Å². The van der Waals surface area contributed by atoms with E-state index in [9.17, 15) is 0 Å². The Hall–Kier alpha value is -2.18. The number of aromatic nitrogens is 4. The fourth-order valence-electron chi connectivity index (χ4n) is 1.39. The first-order chi connectivity index (χ1) is 7.38. The molecule has 1 N–H and O–H groups in total. The highest BCUT2D eigenvalue weighted by Crippen LogP contribution is 2.33. The number of rotatable bonds is 1. The highest BCUT2D eigenvalue weighted by molar-refractivity contribution is 5.66. The van der Waals surface area contributed by atoms with Crippen LogP contribution in [-0.2, 0) is 6.61 Å². The van der Waals surface area contributed by atoms with E-state index in [0.29, 0.717) is 35.4 Å². The summed E-state index contributed by atoms with van der Waals surface area (Å²) in [6.07, 6.45) is 1.60. The van der Waals surface area contributed by atoms with Crippen LogP contribution in [0.4, 0.5) is 5.95 Å². The predicted molar refractivity (Wildman–Crippen MR) is 49.2 cm³/mol. The molecular formula is C8H7N5O2. The van der Waals surface area contributed by atoms with Gasteiger partial charge in [0.1, 0.15) is 12.3 Å². The lowest BCUT2D eigenvalue weighted by Gasteiger charge is -2.13. The van der Waals surface area contributed by atoms with Gasteiger partial charge in [0.15, 0.2) is 17.1 Å². The van der Waals surface area contributed by atoms with Gasteiger partial charge < -0.3 is 10.1 Å². The van der Waals surface area contributed by atoms with Crippen LogP contribution in [0.15, 0.2) is 10.8 Å². The SMILES string of the molecule is CNc1ncc2c(n1)-c1nonc1CO2. The minimum absolute atomic E-state index is 0.341. The summed E-state index contributed by atoms with van der Waals surface area (Å²) >= 11 is 0. The number of anilines is 1. The van der Waals surface area contributed by atoms with Crippen molar-refractivity contribution in [3.63, 3.8) is 0 Å². The van der Waals surface area contributed by atoms with Gasteiger partial charge in [-0.3, -0.25) is 0 Å². The first-order valence-electron chi connectivity index (χ1n) is 4.38. The number of hydrogen-bond donors (Lipinski definition) is 1. The maximum atomic E-state index is 5.39. The summed E-state index contributed by atoms with van der Waals surface area (Å²) in [5, 5.41) is 10.4. The van der Waals surface area contributed by atoms with Crippen LogP contribution >= 0.6 is 0 Å². The average molecular weight is 205 g/mol. The molecule has 0 saturated carbocycles.